The van der Waals surface area contributed by atoms with E-state index in [-0.39, 0.29) is 5.91 Å². The Kier molecular flexibility index (Phi) is 5.23. The van der Waals surface area contributed by atoms with E-state index in [1.165, 1.54) is 5.56 Å². The van der Waals surface area contributed by atoms with Crippen LogP contribution in [0.3, 0.4) is 0 Å². The lowest BCUT2D eigenvalue weighted by molar-refractivity contribution is -0.127. The number of benzene rings is 1. The van der Waals surface area contributed by atoms with Crippen LogP contribution in [-0.4, -0.2) is 23.7 Å². The van der Waals surface area contributed by atoms with Crippen LogP contribution in [0.1, 0.15) is 50.8 Å². The fraction of sp³-hybridized carbons (Fsp3) is 0.588. The van der Waals surface area contributed by atoms with Crippen molar-refractivity contribution in [1.29, 1.82) is 0 Å². The van der Waals surface area contributed by atoms with Crippen molar-refractivity contribution in [2.45, 2.75) is 52.2 Å². The summed E-state index contributed by atoms with van der Waals surface area (Å²) in [5.41, 5.74) is 2.12. The molecule has 0 saturated carbocycles. The Labute approximate surface area is 126 Å². The summed E-state index contributed by atoms with van der Waals surface area (Å²) in [5, 5.41) is 12.9. The summed E-state index contributed by atoms with van der Waals surface area (Å²) in [5.74, 6) is 0.948. The van der Waals surface area contributed by atoms with Gasteiger partial charge in [0.1, 0.15) is 5.75 Å². The maximum atomic E-state index is 11.9. The van der Waals surface area contributed by atoms with Gasteiger partial charge in [-0.1, -0.05) is 19.9 Å². The second kappa shape index (κ2) is 6.94. The van der Waals surface area contributed by atoms with Crippen molar-refractivity contribution in [2.24, 2.45) is 5.92 Å². The highest BCUT2D eigenvalue weighted by Crippen LogP contribution is 2.32. The maximum absolute atomic E-state index is 11.9. The van der Waals surface area contributed by atoms with Gasteiger partial charge in [-0.2, -0.15) is 0 Å². The molecule has 1 aliphatic carbocycles. The van der Waals surface area contributed by atoms with E-state index in [0.717, 1.165) is 24.8 Å². The van der Waals surface area contributed by atoms with Gasteiger partial charge in [0.15, 0.2) is 6.10 Å². The maximum Gasteiger partial charge on any atom is 0.260 e. The SMILES string of the molecule is CC(C)CNC(=O)C(C)Oc1ccc2c(c1)[C@H](O)CCC2. The number of aryl methyl sites for hydroxylation is 1. The van der Waals surface area contributed by atoms with Crippen molar-refractivity contribution in [2.75, 3.05) is 6.54 Å². The van der Waals surface area contributed by atoms with Crippen LogP contribution < -0.4 is 10.1 Å². The third kappa shape index (κ3) is 4.21. The van der Waals surface area contributed by atoms with Gasteiger partial charge in [0, 0.05) is 6.54 Å². The van der Waals surface area contributed by atoms with Crippen LogP contribution in [0.25, 0.3) is 0 Å². The molecule has 0 saturated heterocycles. The molecule has 0 heterocycles. The van der Waals surface area contributed by atoms with E-state index in [9.17, 15) is 9.90 Å². The Morgan fingerprint density at radius 3 is 2.90 bits per heavy atom. The van der Waals surface area contributed by atoms with E-state index in [4.69, 9.17) is 4.74 Å². The highest BCUT2D eigenvalue weighted by molar-refractivity contribution is 5.80. The van der Waals surface area contributed by atoms with Gasteiger partial charge in [0.05, 0.1) is 6.10 Å². The van der Waals surface area contributed by atoms with Gasteiger partial charge in [-0.3, -0.25) is 4.79 Å². The molecule has 4 nitrogen and oxygen atoms in total. The van der Waals surface area contributed by atoms with Crippen LogP contribution in [0.15, 0.2) is 18.2 Å². The normalized spacial score (nSPS) is 19.0. The first kappa shape index (κ1) is 15.8. The molecular weight excluding hydrogens is 266 g/mol. The number of rotatable bonds is 5. The van der Waals surface area contributed by atoms with E-state index in [1.807, 2.05) is 18.2 Å². The topological polar surface area (TPSA) is 58.6 Å². The first-order valence-corrected chi connectivity index (χ1v) is 7.72. The number of carbonyl (C=O) groups is 1. The standard InChI is InChI=1S/C17H25NO3/c1-11(2)10-18-17(20)12(3)21-14-8-7-13-5-4-6-16(19)15(13)9-14/h7-9,11-12,16,19H,4-6,10H2,1-3H3,(H,18,20)/t12?,16-/m1/s1. The van der Waals surface area contributed by atoms with E-state index in [1.54, 1.807) is 6.92 Å². The Hall–Kier alpha value is -1.55. The molecule has 0 aliphatic heterocycles. The number of fused-ring (bicyclic) bond motifs is 1. The molecule has 0 bridgehead atoms. The van der Waals surface area contributed by atoms with Gasteiger partial charge in [-0.15, -0.1) is 0 Å². The molecule has 1 aromatic carbocycles. The third-order valence-corrected chi connectivity index (χ3v) is 3.77. The molecule has 1 aromatic rings. The van der Waals surface area contributed by atoms with E-state index < -0.39 is 12.2 Å². The van der Waals surface area contributed by atoms with Crippen molar-refractivity contribution in [1.82, 2.24) is 5.32 Å². The molecule has 1 unspecified atom stereocenters. The summed E-state index contributed by atoms with van der Waals surface area (Å²) in [7, 11) is 0. The predicted octanol–water partition coefficient (Wildman–Crippen LogP) is 2.60. The van der Waals surface area contributed by atoms with Crippen molar-refractivity contribution >= 4 is 5.91 Å². The molecule has 0 spiro atoms. The highest BCUT2D eigenvalue weighted by atomic mass is 16.5. The highest BCUT2D eigenvalue weighted by Gasteiger charge is 2.20. The first-order valence-electron chi connectivity index (χ1n) is 7.72. The average molecular weight is 291 g/mol. The number of carbonyl (C=O) groups excluding carboxylic acids is 1. The minimum Gasteiger partial charge on any atom is -0.481 e. The van der Waals surface area contributed by atoms with E-state index in [2.05, 4.69) is 19.2 Å². The van der Waals surface area contributed by atoms with Crippen LogP contribution in [0.2, 0.25) is 0 Å². The van der Waals surface area contributed by atoms with Crippen molar-refractivity contribution in [3.8, 4) is 5.75 Å². The molecule has 0 radical (unpaired) electrons. The molecule has 0 aromatic heterocycles. The molecule has 4 heteroatoms. The van der Waals surface area contributed by atoms with Crippen molar-refractivity contribution in [3.63, 3.8) is 0 Å². The lowest BCUT2D eigenvalue weighted by atomic mass is 9.89. The van der Waals surface area contributed by atoms with Crippen LogP contribution in [-0.2, 0) is 11.2 Å². The van der Waals surface area contributed by atoms with Crippen LogP contribution in [0, 0.1) is 5.92 Å². The monoisotopic (exact) mass is 291 g/mol. The minimum atomic E-state index is -0.539. The minimum absolute atomic E-state index is 0.109. The zero-order chi connectivity index (χ0) is 15.4. The molecular formula is C17H25NO3. The number of hydrogen-bond donors (Lipinski definition) is 2. The molecule has 21 heavy (non-hydrogen) atoms. The average Bonchev–Trinajstić information content (AvgIpc) is 2.45. The predicted molar refractivity (Wildman–Crippen MR) is 82.3 cm³/mol. The van der Waals surface area contributed by atoms with Gasteiger partial charge in [-0.05, 0) is 55.4 Å². The van der Waals surface area contributed by atoms with E-state index in [0.29, 0.717) is 18.2 Å². The fourth-order valence-electron chi connectivity index (χ4n) is 2.53. The van der Waals surface area contributed by atoms with Gasteiger partial charge in [0.2, 0.25) is 0 Å². The lowest BCUT2D eigenvalue weighted by Gasteiger charge is -2.23. The number of aliphatic hydroxyl groups excluding tert-OH is 1. The second-order valence-corrected chi connectivity index (χ2v) is 6.17. The van der Waals surface area contributed by atoms with Crippen LogP contribution in [0.5, 0.6) is 5.75 Å². The van der Waals surface area contributed by atoms with Gasteiger partial charge in [-0.25, -0.2) is 0 Å². The van der Waals surface area contributed by atoms with Gasteiger partial charge >= 0.3 is 0 Å². The smallest absolute Gasteiger partial charge is 0.260 e. The zero-order valence-electron chi connectivity index (χ0n) is 13.1. The Balaban J connectivity index is 1.99. The molecule has 2 atom stereocenters. The summed E-state index contributed by atoms with van der Waals surface area (Å²) < 4.78 is 5.70. The molecule has 2 N–H and O–H groups in total. The molecule has 116 valence electrons. The largest absolute Gasteiger partial charge is 0.481 e. The van der Waals surface area contributed by atoms with Crippen molar-refractivity contribution < 1.29 is 14.6 Å². The number of nitrogens with one attached hydrogen (secondary N) is 1. The molecule has 2 rings (SSSR count). The summed E-state index contributed by atoms with van der Waals surface area (Å²) in [6.07, 6.45) is 1.85. The number of hydrogen-bond acceptors (Lipinski definition) is 3. The molecule has 1 amide bonds. The zero-order valence-corrected chi connectivity index (χ0v) is 13.1. The quantitative estimate of drug-likeness (QED) is 0.876. The lowest BCUT2D eigenvalue weighted by Crippen LogP contribution is -2.38. The van der Waals surface area contributed by atoms with Crippen LogP contribution >= 0.6 is 0 Å². The van der Waals surface area contributed by atoms with Crippen LogP contribution in [0.4, 0.5) is 0 Å². The Morgan fingerprint density at radius 2 is 2.19 bits per heavy atom. The molecule has 1 aliphatic rings. The van der Waals surface area contributed by atoms with E-state index >= 15 is 0 Å². The first-order chi connectivity index (χ1) is 9.97. The Morgan fingerprint density at radius 1 is 1.43 bits per heavy atom. The fourth-order valence-corrected chi connectivity index (χ4v) is 2.53. The number of aliphatic hydroxyl groups is 1. The second-order valence-electron chi connectivity index (χ2n) is 6.17. The van der Waals surface area contributed by atoms with Crippen molar-refractivity contribution in [3.05, 3.63) is 29.3 Å². The number of ether oxygens (including phenoxy) is 1. The van der Waals surface area contributed by atoms with Gasteiger partial charge < -0.3 is 15.2 Å². The summed E-state index contributed by atoms with van der Waals surface area (Å²) in [6.45, 7) is 6.49. The number of amides is 1. The summed E-state index contributed by atoms with van der Waals surface area (Å²) >= 11 is 0. The third-order valence-electron chi connectivity index (χ3n) is 3.77. The summed E-state index contributed by atoms with van der Waals surface area (Å²) in [6, 6.07) is 5.74. The summed E-state index contributed by atoms with van der Waals surface area (Å²) in [4.78, 5) is 11.9. The van der Waals surface area contributed by atoms with Gasteiger partial charge in [0.25, 0.3) is 5.91 Å². The Bertz CT molecular complexity index is 499. The molecule has 0 fully saturated rings.